The molecule has 0 N–H and O–H groups in total. The van der Waals surface area contributed by atoms with Gasteiger partial charge >= 0.3 is 0 Å². The van der Waals surface area contributed by atoms with Gasteiger partial charge in [-0.2, -0.15) is 0 Å². The van der Waals surface area contributed by atoms with Gasteiger partial charge in [0.15, 0.2) is 0 Å². The van der Waals surface area contributed by atoms with E-state index >= 15 is 0 Å². The molecule has 0 aliphatic rings. The number of fused-ring (bicyclic) bond motifs is 1. The Hall–Kier alpha value is -2.48. The summed E-state index contributed by atoms with van der Waals surface area (Å²) in [5.41, 5.74) is 4.15. The molecule has 0 fully saturated rings. The van der Waals surface area contributed by atoms with Crippen LogP contribution in [0.4, 0.5) is 0 Å². The molecule has 0 amide bonds. The highest BCUT2D eigenvalue weighted by atomic mass is 35.5. The lowest BCUT2D eigenvalue weighted by Gasteiger charge is -2.13. The van der Waals surface area contributed by atoms with E-state index in [0.717, 1.165) is 38.8 Å². The second kappa shape index (κ2) is 7.03. The predicted molar refractivity (Wildman–Crippen MR) is 110 cm³/mol. The minimum Gasteiger partial charge on any atom is -0.497 e. The fourth-order valence-electron chi connectivity index (χ4n) is 3.04. The van der Waals surface area contributed by atoms with Crippen molar-refractivity contribution >= 4 is 34.0 Å². The molecule has 0 atom stereocenters. The predicted octanol–water partition coefficient (Wildman–Crippen LogP) is 7.29. The molecule has 0 bridgehead atoms. The van der Waals surface area contributed by atoms with Crippen molar-refractivity contribution in [1.29, 1.82) is 0 Å². The first-order chi connectivity index (χ1) is 12.7. The number of ether oxygens (including phenoxy) is 1. The number of methoxy groups -OCH3 is 1. The first-order valence-electron chi connectivity index (χ1n) is 8.20. The van der Waals surface area contributed by atoms with Crippen molar-refractivity contribution in [2.45, 2.75) is 0 Å². The quantitative estimate of drug-likeness (QED) is 0.364. The van der Waals surface area contributed by atoms with Crippen LogP contribution in [0.15, 0.2) is 72.8 Å². The second-order valence-corrected chi connectivity index (χ2v) is 6.82. The van der Waals surface area contributed by atoms with Crippen molar-refractivity contribution < 1.29 is 4.74 Å². The van der Waals surface area contributed by atoms with Crippen LogP contribution >= 0.6 is 23.2 Å². The number of hydrogen-bond donors (Lipinski definition) is 0. The Bertz CT molecular complexity index is 1090. The first-order valence-corrected chi connectivity index (χ1v) is 8.96. The van der Waals surface area contributed by atoms with Crippen molar-refractivity contribution in [2.75, 3.05) is 7.11 Å². The van der Waals surface area contributed by atoms with E-state index in [1.807, 2.05) is 54.6 Å². The van der Waals surface area contributed by atoms with Gasteiger partial charge in [-0.25, -0.2) is 0 Å². The zero-order chi connectivity index (χ0) is 18.1. The van der Waals surface area contributed by atoms with Crippen LogP contribution in [0.3, 0.4) is 0 Å². The van der Waals surface area contributed by atoms with Crippen molar-refractivity contribution in [2.24, 2.45) is 0 Å². The average Bonchev–Trinajstić information content (AvgIpc) is 2.69. The van der Waals surface area contributed by atoms with Gasteiger partial charge in [0.1, 0.15) is 5.75 Å². The fraction of sp³-hybridized carbons (Fsp3) is 0.0435. The minimum atomic E-state index is 0.540. The molecule has 0 heterocycles. The molecular weight excluding hydrogens is 363 g/mol. The zero-order valence-electron chi connectivity index (χ0n) is 14.1. The average molecular weight is 378 g/mol. The van der Waals surface area contributed by atoms with E-state index in [9.17, 15) is 0 Å². The Morgan fingerprint density at radius 3 is 2.23 bits per heavy atom. The van der Waals surface area contributed by atoms with Crippen molar-refractivity contribution in [3.63, 3.8) is 0 Å². The van der Waals surface area contributed by atoms with Crippen molar-refractivity contribution in [3.8, 4) is 28.0 Å². The molecule has 0 saturated heterocycles. The van der Waals surface area contributed by atoms with Crippen LogP contribution in [0.2, 0.25) is 10.0 Å². The van der Waals surface area contributed by atoms with E-state index in [-0.39, 0.29) is 0 Å². The smallest absolute Gasteiger partial charge is 0.118 e. The maximum Gasteiger partial charge on any atom is 0.118 e. The van der Waals surface area contributed by atoms with Crippen LogP contribution in [0, 0.1) is 6.07 Å². The maximum atomic E-state index is 6.26. The van der Waals surface area contributed by atoms with Gasteiger partial charge in [-0.3, -0.25) is 0 Å². The Labute approximate surface area is 162 Å². The Kier molecular flexibility index (Phi) is 4.58. The summed E-state index contributed by atoms with van der Waals surface area (Å²) in [6, 6.07) is 27.7. The molecule has 26 heavy (non-hydrogen) atoms. The summed E-state index contributed by atoms with van der Waals surface area (Å²) in [6.45, 7) is 0. The number of halogens is 2. The number of benzene rings is 4. The summed E-state index contributed by atoms with van der Waals surface area (Å²) in [7, 11) is 1.66. The van der Waals surface area contributed by atoms with Gasteiger partial charge in [-0.15, -0.1) is 0 Å². The summed E-state index contributed by atoms with van der Waals surface area (Å²) < 4.78 is 5.28. The van der Waals surface area contributed by atoms with Crippen molar-refractivity contribution in [1.82, 2.24) is 0 Å². The molecule has 0 spiro atoms. The number of hydrogen-bond acceptors (Lipinski definition) is 1. The summed E-state index contributed by atoms with van der Waals surface area (Å²) in [5.74, 6) is 0.825. The monoisotopic (exact) mass is 377 g/mol. The fourth-order valence-corrected chi connectivity index (χ4v) is 3.34. The SMILES string of the molecule is COc1ccc(-c2[c]c3ccccc3cc2-c2ccc(Cl)c(Cl)c2)cc1. The summed E-state index contributed by atoms with van der Waals surface area (Å²) >= 11 is 12.4. The summed E-state index contributed by atoms with van der Waals surface area (Å²) in [5, 5.41) is 3.29. The van der Waals surface area contributed by atoms with E-state index in [1.54, 1.807) is 7.11 Å². The molecule has 3 heteroatoms. The van der Waals surface area contributed by atoms with Crippen LogP contribution in [-0.2, 0) is 0 Å². The van der Waals surface area contributed by atoms with E-state index in [2.05, 4.69) is 24.3 Å². The summed E-state index contributed by atoms with van der Waals surface area (Å²) in [6.07, 6.45) is 0. The molecule has 0 aliphatic carbocycles. The Morgan fingerprint density at radius 2 is 1.50 bits per heavy atom. The van der Waals surface area contributed by atoms with Crippen LogP contribution in [0.25, 0.3) is 33.0 Å². The van der Waals surface area contributed by atoms with Crippen LogP contribution in [-0.4, -0.2) is 7.11 Å². The van der Waals surface area contributed by atoms with Crippen LogP contribution in [0.1, 0.15) is 0 Å². The largest absolute Gasteiger partial charge is 0.497 e. The van der Waals surface area contributed by atoms with Gasteiger partial charge in [-0.1, -0.05) is 65.7 Å². The molecule has 0 unspecified atom stereocenters. The third kappa shape index (κ3) is 3.16. The Morgan fingerprint density at radius 1 is 0.769 bits per heavy atom. The maximum absolute atomic E-state index is 6.26. The highest BCUT2D eigenvalue weighted by molar-refractivity contribution is 6.42. The summed E-state index contributed by atoms with van der Waals surface area (Å²) in [4.78, 5) is 0. The van der Waals surface area contributed by atoms with E-state index < -0.39 is 0 Å². The van der Waals surface area contributed by atoms with Crippen molar-refractivity contribution in [3.05, 3.63) is 88.9 Å². The van der Waals surface area contributed by atoms with E-state index in [1.165, 1.54) is 0 Å². The lowest BCUT2D eigenvalue weighted by atomic mass is 9.91. The molecule has 0 aliphatic heterocycles. The molecule has 0 aromatic heterocycles. The Balaban J connectivity index is 1.97. The molecule has 1 radical (unpaired) electrons. The van der Waals surface area contributed by atoms with E-state index in [0.29, 0.717) is 10.0 Å². The highest BCUT2D eigenvalue weighted by Crippen LogP contribution is 2.38. The van der Waals surface area contributed by atoms with E-state index in [4.69, 9.17) is 27.9 Å². The molecule has 4 aromatic rings. The minimum absolute atomic E-state index is 0.540. The third-order valence-electron chi connectivity index (χ3n) is 4.40. The topological polar surface area (TPSA) is 9.23 Å². The number of rotatable bonds is 3. The van der Waals surface area contributed by atoms with Gasteiger partial charge < -0.3 is 4.74 Å². The lowest BCUT2D eigenvalue weighted by molar-refractivity contribution is 0.415. The van der Waals surface area contributed by atoms with Gasteiger partial charge in [0.25, 0.3) is 0 Å². The standard InChI is InChI=1S/C23H15Cl2O/c1-26-19-9-6-15(7-10-19)20-12-16-4-2-3-5-17(16)13-21(20)18-8-11-22(24)23(25)14-18/h2-11,13-14H,1H3. The lowest BCUT2D eigenvalue weighted by Crippen LogP contribution is -1.89. The molecule has 1 nitrogen and oxygen atoms in total. The normalized spacial score (nSPS) is 10.9. The first kappa shape index (κ1) is 17.0. The highest BCUT2D eigenvalue weighted by Gasteiger charge is 2.12. The molecular formula is C23H15Cl2O. The molecule has 127 valence electrons. The van der Waals surface area contributed by atoms with Gasteiger partial charge in [-0.05, 0) is 69.4 Å². The van der Waals surface area contributed by atoms with Gasteiger partial charge in [0.05, 0.1) is 17.2 Å². The zero-order valence-corrected chi connectivity index (χ0v) is 15.6. The van der Waals surface area contributed by atoms with Gasteiger partial charge in [0.2, 0.25) is 0 Å². The van der Waals surface area contributed by atoms with Crippen LogP contribution < -0.4 is 4.74 Å². The molecule has 0 saturated carbocycles. The molecule has 4 aromatic carbocycles. The third-order valence-corrected chi connectivity index (χ3v) is 5.14. The van der Waals surface area contributed by atoms with Gasteiger partial charge in [0, 0.05) is 0 Å². The molecule has 4 rings (SSSR count). The second-order valence-electron chi connectivity index (χ2n) is 6.00. The van der Waals surface area contributed by atoms with Crippen LogP contribution in [0.5, 0.6) is 5.75 Å².